The van der Waals surface area contributed by atoms with E-state index in [2.05, 4.69) is 20.2 Å². The van der Waals surface area contributed by atoms with Crippen molar-refractivity contribution in [2.75, 3.05) is 50.1 Å². The number of nitrogens with one attached hydrogen (secondary N) is 3. The highest BCUT2D eigenvalue weighted by Crippen LogP contribution is 2.18. The number of carbonyl (C=O) groups excluding carboxylic acids is 1. The zero-order valence-electron chi connectivity index (χ0n) is 17.0. The fraction of sp³-hybridized carbons (Fsp3) is 0.318. The predicted octanol–water partition coefficient (Wildman–Crippen LogP) is 0.413. The number of para-hydroxylation sites is 1. The molecule has 0 bridgehead atoms. The standard InChI is InChI=1S/C22H25N5O3/c1-26(14-20-24-19-5-3-2-4-18(19)22(29)25-20)15-21(28)23-16-6-8-17(9-7-16)27-10-12-30-13-11-27/h2-9H,10-15H2,1H3,(H,23,28)(H,24,25,29)/p+1. The van der Waals surface area contributed by atoms with Crippen LogP contribution in [0.3, 0.4) is 0 Å². The molecule has 1 aromatic heterocycles. The number of anilines is 2. The first kappa shape index (κ1) is 20.1. The van der Waals surface area contributed by atoms with Crippen LogP contribution in [-0.2, 0) is 16.1 Å². The molecule has 8 heteroatoms. The Labute approximate surface area is 174 Å². The molecule has 1 amide bonds. The number of morpholine rings is 1. The molecule has 0 radical (unpaired) electrons. The predicted molar refractivity (Wildman–Crippen MR) is 116 cm³/mol. The number of nitrogens with zero attached hydrogens (tertiary/aromatic N) is 2. The van der Waals surface area contributed by atoms with Crippen LogP contribution in [0.2, 0.25) is 0 Å². The van der Waals surface area contributed by atoms with Crippen molar-refractivity contribution in [2.45, 2.75) is 6.54 Å². The van der Waals surface area contributed by atoms with Gasteiger partial charge < -0.3 is 24.8 Å². The van der Waals surface area contributed by atoms with Crippen LogP contribution in [-0.4, -0.2) is 55.8 Å². The molecule has 4 rings (SSSR count). The van der Waals surface area contributed by atoms with Gasteiger partial charge in [0, 0.05) is 24.5 Å². The van der Waals surface area contributed by atoms with E-state index >= 15 is 0 Å². The number of amides is 1. The van der Waals surface area contributed by atoms with Crippen molar-refractivity contribution in [3.63, 3.8) is 0 Å². The number of fused-ring (bicyclic) bond motifs is 1. The Morgan fingerprint density at radius 3 is 2.67 bits per heavy atom. The first-order valence-corrected chi connectivity index (χ1v) is 10.1. The number of hydrogen-bond donors (Lipinski definition) is 3. The number of rotatable bonds is 6. The Hall–Kier alpha value is -3.23. The molecule has 2 aromatic carbocycles. The third-order valence-corrected chi connectivity index (χ3v) is 5.12. The molecule has 30 heavy (non-hydrogen) atoms. The van der Waals surface area contributed by atoms with Gasteiger partial charge >= 0.3 is 0 Å². The smallest absolute Gasteiger partial charge is 0.279 e. The average molecular weight is 408 g/mol. The molecule has 1 saturated heterocycles. The minimum atomic E-state index is -0.159. The molecule has 0 aliphatic carbocycles. The molecule has 1 atom stereocenters. The van der Waals surface area contributed by atoms with Gasteiger partial charge in [0.25, 0.3) is 11.5 Å². The molecule has 2 heterocycles. The van der Waals surface area contributed by atoms with Crippen molar-refractivity contribution in [2.24, 2.45) is 0 Å². The van der Waals surface area contributed by atoms with Crippen molar-refractivity contribution in [3.05, 3.63) is 64.7 Å². The Bertz CT molecular complexity index is 1070. The second-order valence-corrected chi connectivity index (χ2v) is 7.53. The summed E-state index contributed by atoms with van der Waals surface area (Å²) in [5.41, 5.74) is 2.40. The molecule has 3 aromatic rings. The molecule has 1 fully saturated rings. The van der Waals surface area contributed by atoms with E-state index in [1.807, 2.05) is 49.5 Å². The maximum absolute atomic E-state index is 12.4. The first-order valence-electron chi connectivity index (χ1n) is 10.1. The van der Waals surface area contributed by atoms with E-state index in [1.54, 1.807) is 6.07 Å². The lowest BCUT2D eigenvalue weighted by Gasteiger charge is -2.28. The van der Waals surface area contributed by atoms with Crippen LogP contribution in [0.4, 0.5) is 11.4 Å². The lowest BCUT2D eigenvalue weighted by Crippen LogP contribution is -3.08. The Morgan fingerprint density at radius 1 is 1.17 bits per heavy atom. The Kier molecular flexibility index (Phi) is 6.06. The van der Waals surface area contributed by atoms with Crippen molar-refractivity contribution in [1.29, 1.82) is 0 Å². The fourth-order valence-electron chi connectivity index (χ4n) is 3.62. The monoisotopic (exact) mass is 408 g/mol. The molecule has 1 unspecified atom stereocenters. The quantitative estimate of drug-likeness (QED) is 0.550. The van der Waals surface area contributed by atoms with Gasteiger partial charge in [-0.05, 0) is 36.4 Å². The average Bonchev–Trinajstić information content (AvgIpc) is 2.75. The largest absolute Gasteiger partial charge is 0.378 e. The topological polar surface area (TPSA) is 91.8 Å². The minimum Gasteiger partial charge on any atom is -0.378 e. The number of quaternary nitrogens is 1. The van der Waals surface area contributed by atoms with Crippen molar-refractivity contribution in [3.8, 4) is 0 Å². The van der Waals surface area contributed by atoms with Gasteiger partial charge in [-0.2, -0.15) is 0 Å². The molecule has 3 N–H and O–H groups in total. The van der Waals surface area contributed by atoms with Gasteiger partial charge in [0.05, 0.1) is 31.2 Å². The second-order valence-electron chi connectivity index (χ2n) is 7.53. The van der Waals surface area contributed by atoms with Crippen LogP contribution < -0.4 is 20.7 Å². The molecule has 1 aliphatic rings. The van der Waals surface area contributed by atoms with E-state index in [0.717, 1.165) is 42.6 Å². The highest BCUT2D eigenvalue weighted by molar-refractivity contribution is 5.91. The molecular formula is C22H26N5O3+. The van der Waals surface area contributed by atoms with Gasteiger partial charge in [-0.1, -0.05) is 12.1 Å². The summed E-state index contributed by atoms with van der Waals surface area (Å²) in [7, 11) is 1.90. The van der Waals surface area contributed by atoms with E-state index < -0.39 is 0 Å². The van der Waals surface area contributed by atoms with E-state index in [-0.39, 0.29) is 18.0 Å². The summed E-state index contributed by atoms with van der Waals surface area (Å²) in [6, 6.07) is 15.1. The number of hydrogen-bond acceptors (Lipinski definition) is 5. The maximum Gasteiger partial charge on any atom is 0.279 e. The summed E-state index contributed by atoms with van der Waals surface area (Å²) >= 11 is 0. The van der Waals surface area contributed by atoms with E-state index in [0.29, 0.717) is 23.3 Å². The number of aromatic nitrogens is 2. The molecule has 156 valence electrons. The van der Waals surface area contributed by atoms with Crippen LogP contribution in [0.5, 0.6) is 0 Å². The first-order chi connectivity index (χ1) is 14.6. The summed E-state index contributed by atoms with van der Waals surface area (Å²) < 4.78 is 5.38. The van der Waals surface area contributed by atoms with Crippen LogP contribution in [0, 0.1) is 0 Å². The van der Waals surface area contributed by atoms with Crippen LogP contribution in [0.15, 0.2) is 53.3 Å². The Balaban J connectivity index is 1.33. The van der Waals surface area contributed by atoms with Gasteiger partial charge in [-0.3, -0.25) is 9.59 Å². The highest BCUT2D eigenvalue weighted by atomic mass is 16.5. The number of H-pyrrole nitrogens is 1. The molecule has 1 aliphatic heterocycles. The number of likely N-dealkylation sites (N-methyl/N-ethyl adjacent to an activating group) is 1. The lowest BCUT2D eigenvalue weighted by atomic mass is 10.2. The maximum atomic E-state index is 12.4. The SMILES string of the molecule is C[NH+](CC(=O)Nc1ccc(N2CCOCC2)cc1)Cc1nc2ccccc2c(=O)[nH]1. The molecule has 0 spiro atoms. The number of aromatic amines is 1. The zero-order chi connectivity index (χ0) is 20.9. The van der Waals surface area contributed by atoms with E-state index in [4.69, 9.17) is 4.74 Å². The van der Waals surface area contributed by atoms with E-state index in [9.17, 15) is 9.59 Å². The summed E-state index contributed by atoms with van der Waals surface area (Å²) in [6.07, 6.45) is 0. The number of carbonyl (C=O) groups is 1. The van der Waals surface area contributed by atoms with E-state index in [1.165, 1.54) is 0 Å². The number of ether oxygens (including phenoxy) is 1. The van der Waals surface area contributed by atoms with Gasteiger partial charge in [-0.15, -0.1) is 0 Å². The van der Waals surface area contributed by atoms with Gasteiger partial charge in [0.1, 0.15) is 6.54 Å². The van der Waals surface area contributed by atoms with Crippen LogP contribution in [0.25, 0.3) is 10.9 Å². The zero-order valence-corrected chi connectivity index (χ0v) is 17.0. The molecule has 8 nitrogen and oxygen atoms in total. The fourth-order valence-corrected chi connectivity index (χ4v) is 3.62. The highest BCUT2D eigenvalue weighted by Gasteiger charge is 2.14. The van der Waals surface area contributed by atoms with Gasteiger partial charge in [0.2, 0.25) is 0 Å². The van der Waals surface area contributed by atoms with Crippen molar-refractivity contribution in [1.82, 2.24) is 9.97 Å². The second kappa shape index (κ2) is 9.06. The summed E-state index contributed by atoms with van der Waals surface area (Å²) in [5.74, 6) is 0.480. The summed E-state index contributed by atoms with van der Waals surface area (Å²) in [4.78, 5) is 35.1. The van der Waals surface area contributed by atoms with Crippen LogP contribution >= 0.6 is 0 Å². The van der Waals surface area contributed by atoms with Gasteiger partial charge in [-0.25, -0.2) is 4.98 Å². The molecule has 0 saturated carbocycles. The minimum absolute atomic E-state index is 0.0882. The normalized spacial score (nSPS) is 15.2. The van der Waals surface area contributed by atoms with Crippen molar-refractivity contribution < 1.29 is 14.4 Å². The lowest BCUT2D eigenvalue weighted by molar-refractivity contribution is -0.885. The third-order valence-electron chi connectivity index (χ3n) is 5.12. The number of benzene rings is 2. The summed E-state index contributed by atoms with van der Waals surface area (Å²) in [6.45, 7) is 3.95. The summed E-state index contributed by atoms with van der Waals surface area (Å²) in [5, 5.41) is 3.50. The van der Waals surface area contributed by atoms with Crippen LogP contribution in [0.1, 0.15) is 5.82 Å². The van der Waals surface area contributed by atoms with Gasteiger partial charge in [0.15, 0.2) is 12.4 Å². The van der Waals surface area contributed by atoms with Crippen molar-refractivity contribution >= 4 is 28.2 Å². The Morgan fingerprint density at radius 2 is 1.90 bits per heavy atom. The molecular weight excluding hydrogens is 382 g/mol. The third kappa shape index (κ3) is 4.84.